The first-order valence-electron chi connectivity index (χ1n) is 16.2. The number of piperazine rings is 1. The number of nitrogens with one attached hydrogen (secondary N) is 2. The highest BCUT2D eigenvalue weighted by Crippen LogP contribution is 2.36. The first-order valence-corrected chi connectivity index (χ1v) is 16.2. The average molecular weight is 631 g/mol. The quantitative estimate of drug-likeness (QED) is 0.288. The minimum absolute atomic E-state index is 0.0471. The van der Waals surface area contributed by atoms with Crippen molar-refractivity contribution in [3.8, 4) is 11.4 Å². The number of aliphatic hydroxyl groups excluding tert-OH is 2. The van der Waals surface area contributed by atoms with E-state index in [0.29, 0.717) is 42.3 Å². The molecule has 7 rings (SSSR count). The lowest BCUT2D eigenvalue weighted by Crippen LogP contribution is -2.47. The fourth-order valence-corrected chi connectivity index (χ4v) is 6.99. The van der Waals surface area contributed by atoms with E-state index < -0.39 is 0 Å². The van der Waals surface area contributed by atoms with E-state index in [9.17, 15) is 15.0 Å². The highest BCUT2D eigenvalue weighted by Gasteiger charge is 2.41. The fourth-order valence-electron chi connectivity index (χ4n) is 6.99. The molecule has 3 aromatic rings. The number of ether oxygens (including phenoxy) is 1. The summed E-state index contributed by atoms with van der Waals surface area (Å²) in [4.78, 5) is 40.8. The van der Waals surface area contributed by atoms with E-state index in [-0.39, 0.29) is 43.4 Å². The molecule has 244 valence electrons. The molecular formula is C32H42N10O4. The van der Waals surface area contributed by atoms with Gasteiger partial charge in [0.25, 0.3) is 0 Å². The van der Waals surface area contributed by atoms with Crippen LogP contribution in [0.15, 0.2) is 42.6 Å². The van der Waals surface area contributed by atoms with Crippen LogP contribution in [-0.4, -0.2) is 125 Å². The third kappa shape index (κ3) is 6.30. The van der Waals surface area contributed by atoms with Crippen LogP contribution in [0, 0.1) is 0 Å². The van der Waals surface area contributed by atoms with Crippen LogP contribution in [0.4, 0.5) is 33.9 Å². The maximum absolute atomic E-state index is 12.8. The number of pyridine rings is 1. The summed E-state index contributed by atoms with van der Waals surface area (Å²) in [6.45, 7) is 5.03. The summed E-state index contributed by atoms with van der Waals surface area (Å²) >= 11 is 0. The maximum Gasteiger partial charge on any atom is 0.323 e. The summed E-state index contributed by atoms with van der Waals surface area (Å²) in [6.07, 6.45) is 5.21. The minimum atomic E-state index is -0.367. The SMILES string of the molecule is CN1CCN(c2ccc(NC(=O)Nc3ccc(-c4nc(N5C(CO)CCC5CO)nc(N5C6CCC5COC6)n4)cc3)cn2)CC1. The average Bonchev–Trinajstić information content (AvgIpc) is 3.62. The summed E-state index contributed by atoms with van der Waals surface area (Å²) in [5, 5.41) is 26.0. The van der Waals surface area contributed by atoms with Crippen LogP contribution < -0.4 is 25.3 Å². The van der Waals surface area contributed by atoms with Gasteiger partial charge in [0.2, 0.25) is 11.9 Å². The zero-order chi connectivity index (χ0) is 31.6. The molecule has 0 aliphatic carbocycles. The Balaban J connectivity index is 1.07. The molecule has 4 saturated heterocycles. The molecule has 0 spiro atoms. The molecule has 2 amide bonds. The standard InChI is InChI=1S/C32H42N10O4/c1-39-12-14-40(15-13-39)28-11-6-23(16-33-28)35-32(45)34-22-4-2-21(3-5-22)29-36-30(41-24(17-43)7-8-25(41)18-44)38-31(37-29)42-26-9-10-27(42)20-46-19-26/h2-6,11,16,24-27,43-44H,7-10,12-15,17-20H2,1H3,(H2,34,35,45). The lowest BCUT2D eigenvalue weighted by molar-refractivity contribution is 0.0897. The Hall–Kier alpha value is -4.11. The number of nitrogens with zero attached hydrogens (tertiary/aromatic N) is 8. The summed E-state index contributed by atoms with van der Waals surface area (Å²) in [7, 11) is 2.12. The van der Waals surface area contributed by atoms with Crippen molar-refractivity contribution in [2.75, 3.05) is 85.0 Å². The molecule has 1 aromatic carbocycles. The third-order valence-electron chi connectivity index (χ3n) is 9.59. The van der Waals surface area contributed by atoms with Crippen LogP contribution in [-0.2, 0) is 4.74 Å². The lowest BCUT2D eigenvalue weighted by atomic mass is 10.2. The predicted octanol–water partition coefficient (Wildman–Crippen LogP) is 2.02. The molecule has 6 heterocycles. The first kappa shape index (κ1) is 30.5. The van der Waals surface area contributed by atoms with Crippen molar-refractivity contribution in [1.82, 2.24) is 24.8 Å². The van der Waals surface area contributed by atoms with Gasteiger partial charge in [0, 0.05) is 37.4 Å². The molecule has 4 fully saturated rings. The molecule has 0 radical (unpaired) electrons. The second-order valence-corrected chi connectivity index (χ2v) is 12.6. The number of carbonyl (C=O) groups excluding carboxylic acids is 1. The van der Waals surface area contributed by atoms with Gasteiger partial charge in [-0.2, -0.15) is 15.0 Å². The summed E-state index contributed by atoms with van der Waals surface area (Å²) < 4.78 is 5.80. The van der Waals surface area contributed by atoms with Crippen molar-refractivity contribution >= 4 is 35.1 Å². The predicted molar refractivity (Wildman–Crippen MR) is 175 cm³/mol. The Morgan fingerprint density at radius 3 is 2.02 bits per heavy atom. The van der Waals surface area contributed by atoms with Crippen LogP contribution in [0.25, 0.3) is 11.4 Å². The molecule has 4 aliphatic rings. The van der Waals surface area contributed by atoms with Gasteiger partial charge >= 0.3 is 6.03 Å². The normalized spacial score (nSPS) is 24.8. The molecule has 2 bridgehead atoms. The van der Waals surface area contributed by atoms with Gasteiger partial charge in [-0.15, -0.1) is 0 Å². The van der Waals surface area contributed by atoms with Crippen LogP contribution >= 0.6 is 0 Å². The van der Waals surface area contributed by atoms with Crippen molar-refractivity contribution in [2.24, 2.45) is 0 Å². The molecule has 4 N–H and O–H groups in total. The van der Waals surface area contributed by atoms with Crippen LogP contribution in [0.5, 0.6) is 0 Å². The highest BCUT2D eigenvalue weighted by atomic mass is 16.5. The van der Waals surface area contributed by atoms with Gasteiger partial charge in [0.15, 0.2) is 5.82 Å². The molecule has 4 atom stereocenters. The zero-order valence-corrected chi connectivity index (χ0v) is 26.1. The van der Waals surface area contributed by atoms with Gasteiger partial charge in [0.1, 0.15) is 5.82 Å². The van der Waals surface area contributed by atoms with Crippen LogP contribution in [0.2, 0.25) is 0 Å². The summed E-state index contributed by atoms with van der Waals surface area (Å²) in [5.41, 5.74) is 1.99. The monoisotopic (exact) mass is 630 g/mol. The molecule has 4 aliphatic heterocycles. The van der Waals surface area contributed by atoms with Crippen molar-refractivity contribution in [2.45, 2.75) is 49.9 Å². The van der Waals surface area contributed by atoms with E-state index in [0.717, 1.165) is 63.2 Å². The van der Waals surface area contributed by atoms with E-state index in [1.807, 2.05) is 41.3 Å². The van der Waals surface area contributed by atoms with E-state index in [4.69, 9.17) is 19.7 Å². The fraction of sp³-hybridized carbons (Fsp3) is 0.531. The van der Waals surface area contributed by atoms with Crippen molar-refractivity contribution in [3.05, 3.63) is 42.6 Å². The number of aromatic nitrogens is 4. The Morgan fingerprint density at radius 1 is 0.804 bits per heavy atom. The maximum atomic E-state index is 12.8. The molecule has 46 heavy (non-hydrogen) atoms. The van der Waals surface area contributed by atoms with Crippen molar-refractivity contribution in [3.63, 3.8) is 0 Å². The third-order valence-corrected chi connectivity index (χ3v) is 9.59. The topological polar surface area (TPSA) is 155 Å². The first-order chi connectivity index (χ1) is 22.5. The largest absolute Gasteiger partial charge is 0.394 e. The number of carbonyl (C=O) groups is 1. The number of aliphatic hydroxyl groups is 2. The second kappa shape index (κ2) is 13.3. The molecule has 4 unspecified atom stereocenters. The van der Waals surface area contributed by atoms with Crippen molar-refractivity contribution < 1.29 is 19.7 Å². The summed E-state index contributed by atoms with van der Waals surface area (Å²) in [6, 6.07) is 10.8. The Bertz CT molecular complexity index is 1470. The number of fused-ring (bicyclic) bond motifs is 2. The molecule has 14 nitrogen and oxygen atoms in total. The number of likely N-dealkylation sites (N-methyl/N-ethyl adjacent to an activating group) is 1. The number of hydrogen-bond donors (Lipinski definition) is 4. The van der Waals surface area contributed by atoms with E-state index in [1.165, 1.54) is 0 Å². The van der Waals surface area contributed by atoms with E-state index in [2.05, 4.69) is 37.4 Å². The Kier molecular flexibility index (Phi) is 8.84. The number of hydrogen-bond acceptors (Lipinski definition) is 12. The number of urea groups is 1. The molecular weight excluding hydrogens is 588 g/mol. The van der Waals surface area contributed by atoms with E-state index in [1.54, 1.807) is 6.20 Å². The zero-order valence-electron chi connectivity index (χ0n) is 26.1. The van der Waals surface area contributed by atoms with Crippen LogP contribution in [0.3, 0.4) is 0 Å². The highest BCUT2D eigenvalue weighted by molar-refractivity contribution is 5.99. The number of anilines is 5. The number of amides is 2. The minimum Gasteiger partial charge on any atom is -0.394 e. The van der Waals surface area contributed by atoms with Gasteiger partial charge in [-0.25, -0.2) is 9.78 Å². The van der Waals surface area contributed by atoms with Crippen LogP contribution in [0.1, 0.15) is 25.7 Å². The Labute approximate surface area is 268 Å². The molecule has 2 aromatic heterocycles. The van der Waals surface area contributed by atoms with E-state index >= 15 is 0 Å². The van der Waals surface area contributed by atoms with Gasteiger partial charge < -0.3 is 45.2 Å². The van der Waals surface area contributed by atoms with Gasteiger partial charge in [0.05, 0.1) is 62.5 Å². The summed E-state index contributed by atoms with van der Waals surface area (Å²) in [5.74, 6) is 2.44. The van der Waals surface area contributed by atoms with Gasteiger partial charge in [-0.05, 0) is 69.1 Å². The smallest absolute Gasteiger partial charge is 0.323 e. The Morgan fingerprint density at radius 2 is 1.41 bits per heavy atom. The number of rotatable bonds is 8. The molecule has 0 saturated carbocycles. The van der Waals surface area contributed by atoms with Gasteiger partial charge in [-0.1, -0.05) is 0 Å². The lowest BCUT2D eigenvalue weighted by Gasteiger charge is -2.36. The second-order valence-electron chi connectivity index (χ2n) is 12.6. The number of benzene rings is 1. The number of morpholine rings is 1. The molecule has 14 heteroatoms. The van der Waals surface area contributed by atoms with Crippen molar-refractivity contribution in [1.29, 1.82) is 0 Å². The van der Waals surface area contributed by atoms with Gasteiger partial charge in [-0.3, -0.25) is 0 Å².